The van der Waals surface area contributed by atoms with Crippen molar-refractivity contribution < 1.29 is 18.0 Å². The van der Waals surface area contributed by atoms with Crippen LogP contribution in [0.5, 0.6) is 0 Å². The van der Waals surface area contributed by atoms with Gasteiger partial charge in [0, 0.05) is 6.20 Å². The number of alkyl halides is 3. The molecule has 0 aliphatic carbocycles. The van der Waals surface area contributed by atoms with Crippen molar-refractivity contribution >= 4 is 23.3 Å². The zero-order valence-electron chi connectivity index (χ0n) is 12.1. The average molecular weight is 352 g/mol. The van der Waals surface area contributed by atoms with Gasteiger partial charge in [-0.1, -0.05) is 42.1 Å². The number of carbonyl (C=O) groups excluding carboxylic acids is 1. The van der Waals surface area contributed by atoms with E-state index in [1.165, 1.54) is 10.5 Å². The first-order chi connectivity index (χ1) is 11.4. The number of nitrogens with two attached hydrogens (primary N) is 1. The van der Waals surface area contributed by atoms with Crippen LogP contribution in [0.25, 0.3) is 5.65 Å². The highest BCUT2D eigenvalue weighted by atomic mass is 32.2. The molecule has 3 rings (SSSR count). The van der Waals surface area contributed by atoms with Crippen LogP contribution in [0.3, 0.4) is 0 Å². The van der Waals surface area contributed by atoms with E-state index in [1.807, 2.05) is 0 Å². The van der Waals surface area contributed by atoms with Crippen LogP contribution in [-0.4, -0.2) is 20.5 Å². The van der Waals surface area contributed by atoms with Crippen molar-refractivity contribution in [2.24, 2.45) is 5.73 Å². The molecule has 1 amide bonds. The third-order valence-corrected chi connectivity index (χ3v) is 4.51. The number of amides is 1. The lowest BCUT2D eigenvalue weighted by Gasteiger charge is -2.12. The Balaban J connectivity index is 2.01. The third kappa shape index (κ3) is 3.21. The van der Waals surface area contributed by atoms with E-state index in [0.29, 0.717) is 5.56 Å². The van der Waals surface area contributed by atoms with Crippen molar-refractivity contribution in [3.05, 3.63) is 59.8 Å². The van der Waals surface area contributed by atoms with Crippen LogP contribution in [-0.2, 0) is 11.0 Å². The topological polar surface area (TPSA) is 73.3 Å². The predicted octanol–water partition coefficient (Wildman–Crippen LogP) is 3.07. The number of primary amides is 1. The Morgan fingerprint density at radius 2 is 1.83 bits per heavy atom. The number of hydrogen-bond acceptors (Lipinski definition) is 4. The summed E-state index contributed by atoms with van der Waals surface area (Å²) in [6, 6.07) is 10.9. The second-order valence-corrected chi connectivity index (χ2v) is 6.01. The van der Waals surface area contributed by atoms with E-state index in [4.69, 9.17) is 5.73 Å². The van der Waals surface area contributed by atoms with Crippen molar-refractivity contribution in [3.8, 4) is 0 Å². The fourth-order valence-electron chi connectivity index (χ4n) is 2.14. The SMILES string of the molecule is NC(=O)[C@H](Sc1nnc2ccc(C(F)(F)F)cn12)c1ccccc1. The number of nitrogens with zero attached hydrogens (tertiary/aromatic N) is 3. The van der Waals surface area contributed by atoms with Crippen LogP contribution < -0.4 is 5.73 Å². The van der Waals surface area contributed by atoms with Gasteiger partial charge in [-0.25, -0.2) is 0 Å². The first-order valence-electron chi connectivity index (χ1n) is 6.79. The van der Waals surface area contributed by atoms with E-state index in [9.17, 15) is 18.0 Å². The number of halogens is 3. The first kappa shape index (κ1) is 16.3. The van der Waals surface area contributed by atoms with Gasteiger partial charge < -0.3 is 5.73 Å². The van der Waals surface area contributed by atoms with Crippen molar-refractivity contribution in [2.45, 2.75) is 16.6 Å². The molecule has 2 aromatic heterocycles. The maximum absolute atomic E-state index is 12.9. The molecule has 0 radical (unpaired) electrons. The zero-order chi connectivity index (χ0) is 17.3. The minimum Gasteiger partial charge on any atom is -0.368 e. The van der Waals surface area contributed by atoms with Gasteiger partial charge >= 0.3 is 6.18 Å². The molecule has 2 heterocycles. The molecule has 0 fully saturated rings. The summed E-state index contributed by atoms with van der Waals surface area (Å²) >= 11 is 0.953. The molecule has 0 spiro atoms. The van der Waals surface area contributed by atoms with Gasteiger partial charge in [0.25, 0.3) is 0 Å². The lowest BCUT2D eigenvalue weighted by molar-refractivity contribution is -0.137. The van der Waals surface area contributed by atoms with E-state index < -0.39 is 22.9 Å². The number of rotatable bonds is 4. The molecule has 5 nitrogen and oxygen atoms in total. The number of carbonyl (C=O) groups is 1. The second kappa shape index (κ2) is 6.16. The number of benzene rings is 1. The summed E-state index contributed by atoms with van der Waals surface area (Å²) in [7, 11) is 0. The number of pyridine rings is 1. The maximum Gasteiger partial charge on any atom is 0.417 e. The quantitative estimate of drug-likeness (QED) is 0.733. The number of thioether (sulfide) groups is 1. The van der Waals surface area contributed by atoms with Crippen LogP contribution in [0, 0.1) is 0 Å². The molecule has 9 heteroatoms. The van der Waals surface area contributed by atoms with Gasteiger partial charge in [0.1, 0.15) is 5.25 Å². The Kier molecular flexibility index (Phi) is 4.18. The van der Waals surface area contributed by atoms with E-state index in [0.717, 1.165) is 24.0 Å². The van der Waals surface area contributed by atoms with E-state index in [1.54, 1.807) is 30.3 Å². The molecule has 1 atom stereocenters. The average Bonchev–Trinajstić information content (AvgIpc) is 2.94. The number of hydrogen-bond donors (Lipinski definition) is 1. The standard InChI is InChI=1S/C15H11F3N4OS/c16-15(17,18)10-6-7-11-20-21-14(22(11)8-10)24-12(13(19)23)9-4-2-1-3-5-9/h1-8,12H,(H2,19,23)/t12-/m1/s1. The van der Waals surface area contributed by atoms with Crippen LogP contribution >= 0.6 is 11.8 Å². The smallest absolute Gasteiger partial charge is 0.368 e. The molecule has 0 unspecified atom stereocenters. The Labute approximate surface area is 138 Å². The number of aromatic nitrogens is 3. The second-order valence-electron chi connectivity index (χ2n) is 4.94. The highest BCUT2D eigenvalue weighted by Gasteiger charge is 2.31. The highest BCUT2D eigenvalue weighted by Crippen LogP contribution is 2.35. The lowest BCUT2D eigenvalue weighted by atomic mass is 10.1. The van der Waals surface area contributed by atoms with Crippen LogP contribution in [0.1, 0.15) is 16.4 Å². The fourth-order valence-corrected chi connectivity index (χ4v) is 3.11. The molecule has 1 aromatic carbocycles. The van der Waals surface area contributed by atoms with Crippen LogP contribution in [0.15, 0.2) is 53.8 Å². The van der Waals surface area contributed by atoms with E-state index >= 15 is 0 Å². The largest absolute Gasteiger partial charge is 0.417 e. The summed E-state index contributed by atoms with van der Waals surface area (Å²) in [5.74, 6) is -0.616. The van der Waals surface area contributed by atoms with E-state index in [-0.39, 0.29) is 10.8 Å². The summed E-state index contributed by atoms with van der Waals surface area (Å²) in [6.45, 7) is 0. The Morgan fingerprint density at radius 3 is 2.46 bits per heavy atom. The van der Waals surface area contributed by atoms with Gasteiger partial charge in [0.05, 0.1) is 5.56 Å². The molecule has 0 saturated carbocycles. The van der Waals surface area contributed by atoms with Gasteiger partial charge in [-0.2, -0.15) is 13.2 Å². The van der Waals surface area contributed by atoms with E-state index in [2.05, 4.69) is 10.2 Å². The normalized spacial score (nSPS) is 13.1. The summed E-state index contributed by atoms with van der Waals surface area (Å²) in [5.41, 5.74) is 5.49. The highest BCUT2D eigenvalue weighted by molar-refractivity contribution is 8.00. The van der Waals surface area contributed by atoms with Gasteiger partial charge in [0.15, 0.2) is 10.8 Å². The molecular formula is C15H11F3N4OS. The number of fused-ring (bicyclic) bond motifs is 1. The molecule has 24 heavy (non-hydrogen) atoms. The van der Waals surface area contributed by atoms with Gasteiger partial charge in [0.2, 0.25) is 5.91 Å². The van der Waals surface area contributed by atoms with Crippen LogP contribution in [0.2, 0.25) is 0 Å². The molecular weight excluding hydrogens is 341 g/mol. The molecule has 0 saturated heterocycles. The Morgan fingerprint density at radius 1 is 1.12 bits per heavy atom. The molecule has 2 N–H and O–H groups in total. The fraction of sp³-hybridized carbons (Fsp3) is 0.133. The minimum atomic E-state index is -4.48. The van der Waals surface area contributed by atoms with Crippen molar-refractivity contribution in [1.82, 2.24) is 14.6 Å². The minimum absolute atomic E-state index is 0.156. The van der Waals surface area contributed by atoms with Crippen LogP contribution in [0.4, 0.5) is 13.2 Å². The molecule has 3 aromatic rings. The van der Waals surface area contributed by atoms with Gasteiger partial charge in [-0.05, 0) is 17.7 Å². The maximum atomic E-state index is 12.9. The Hall–Kier alpha value is -2.55. The molecule has 0 aliphatic heterocycles. The monoisotopic (exact) mass is 352 g/mol. The molecule has 0 aliphatic rings. The van der Waals surface area contributed by atoms with Gasteiger partial charge in [-0.3, -0.25) is 9.20 Å². The zero-order valence-corrected chi connectivity index (χ0v) is 12.9. The molecule has 0 bridgehead atoms. The lowest BCUT2D eigenvalue weighted by Crippen LogP contribution is -2.19. The summed E-state index contributed by atoms with van der Waals surface area (Å²) in [6.07, 6.45) is -3.58. The van der Waals surface area contributed by atoms with Crippen molar-refractivity contribution in [2.75, 3.05) is 0 Å². The summed E-state index contributed by atoms with van der Waals surface area (Å²) < 4.78 is 39.8. The summed E-state index contributed by atoms with van der Waals surface area (Å²) in [4.78, 5) is 11.8. The Bertz CT molecular complexity index is 879. The summed E-state index contributed by atoms with van der Waals surface area (Å²) in [5, 5.41) is 7.06. The van der Waals surface area contributed by atoms with Crippen molar-refractivity contribution in [1.29, 1.82) is 0 Å². The predicted molar refractivity (Wildman–Crippen MR) is 82.2 cm³/mol. The first-order valence-corrected chi connectivity index (χ1v) is 7.67. The third-order valence-electron chi connectivity index (χ3n) is 3.28. The van der Waals surface area contributed by atoms with Gasteiger partial charge in [-0.15, -0.1) is 10.2 Å². The van der Waals surface area contributed by atoms with Crippen molar-refractivity contribution in [3.63, 3.8) is 0 Å². The molecule has 124 valence electrons.